The van der Waals surface area contributed by atoms with E-state index in [0.29, 0.717) is 5.69 Å². The average molecular weight is 272 g/mol. The molecule has 2 N–H and O–H groups in total. The summed E-state index contributed by atoms with van der Waals surface area (Å²) in [6.07, 6.45) is 1.88. The molecule has 0 aliphatic heterocycles. The standard InChI is InChI=1S/C16H20N2O2/c1-12(2)18-10-6-9-15(18)16(20)17-14(11-19)13-7-4-3-5-8-13/h3-10,12,14,19H,11H2,1-2H3,(H,17,20)/t14-/m1/s1. The second-order valence-electron chi connectivity index (χ2n) is 5.01. The van der Waals surface area contributed by atoms with E-state index < -0.39 is 0 Å². The van der Waals surface area contributed by atoms with Crippen molar-refractivity contribution in [1.82, 2.24) is 9.88 Å². The lowest BCUT2D eigenvalue weighted by Gasteiger charge is -2.18. The van der Waals surface area contributed by atoms with Gasteiger partial charge in [-0.05, 0) is 31.5 Å². The van der Waals surface area contributed by atoms with Gasteiger partial charge in [-0.2, -0.15) is 0 Å². The van der Waals surface area contributed by atoms with E-state index >= 15 is 0 Å². The molecule has 0 saturated heterocycles. The summed E-state index contributed by atoms with van der Waals surface area (Å²) in [5, 5.41) is 12.4. The Labute approximate surface area is 119 Å². The van der Waals surface area contributed by atoms with Gasteiger partial charge in [-0.1, -0.05) is 30.3 Å². The van der Waals surface area contributed by atoms with Crippen LogP contribution in [0.2, 0.25) is 0 Å². The van der Waals surface area contributed by atoms with Crippen LogP contribution in [0.15, 0.2) is 48.7 Å². The summed E-state index contributed by atoms with van der Waals surface area (Å²) >= 11 is 0. The summed E-state index contributed by atoms with van der Waals surface area (Å²) in [6, 6.07) is 12.9. The number of carbonyl (C=O) groups is 1. The molecule has 1 atom stereocenters. The predicted molar refractivity (Wildman–Crippen MR) is 78.6 cm³/mol. The van der Waals surface area contributed by atoms with Crippen LogP contribution in [-0.4, -0.2) is 22.2 Å². The van der Waals surface area contributed by atoms with Crippen LogP contribution in [0.4, 0.5) is 0 Å². The first-order valence-corrected chi connectivity index (χ1v) is 6.77. The van der Waals surface area contributed by atoms with Crippen LogP contribution in [0.5, 0.6) is 0 Å². The highest BCUT2D eigenvalue weighted by molar-refractivity contribution is 5.93. The molecular formula is C16H20N2O2. The number of aromatic nitrogens is 1. The number of hydrogen-bond acceptors (Lipinski definition) is 2. The van der Waals surface area contributed by atoms with Crippen LogP contribution in [0, 0.1) is 0 Å². The summed E-state index contributed by atoms with van der Waals surface area (Å²) in [5.41, 5.74) is 1.50. The Bertz CT molecular complexity index is 561. The minimum Gasteiger partial charge on any atom is -0.394 e. The number of carbonyl (C=O) groups excluding carboxylic acids is 1. The summed E-state index contributed by atoms with van der Waals surface area (Å²) in [5.74, 6) is -0.174. The molecule has 20 heavy (non-hydrogen) atoms. The monoisotopic (exact) mass is 272 g/mol. The number of nitrogens with one attached hydrogen (secondary N) is 1. The van der Waals surface area contributed by atoms with Gasteiger partial charge in [0.05, 0.1) is 12.6 Å². The van der Waals surface area contributed by atoms with Gasteiger partial charge in [0.1, 0.15) is 5.69 Å². The van der Waals surface area contributed by atoms with Crippen LogP contribution in [0.1, 0.15) is 42.0 Å². The van der Waals surface area contributed by atoms with Crippen molar-refractivity contribution >= 4 is 5.91 Å². The van der Waals surface area contributed by atoms with E-state index in [1.54, 1.807) is 6.07 Å². The molecule has 0 radical (unpaired) electrons. The zero-order valence-corrected chi connectivity index (χ0v) is 11.8. The highest BCUT2D eigenvalue weighted by Crippen LogP contribution is 2.15. The van der Waals surface area contributed by atoms with Gasteiger partial charge < -0.3 is 15.0 Å². The van der Waals surface area contributed by atoms with Crippen LogP contribution >= 0.6 is 0 Å². The quantitative estimate of drug-likeness (QED) is 0.878. The Morgan fingerprint density at radius 3 is 2.50 bits per heavy atom. The van der Waals surface area contributed by atoms with Crippen molar-refractivity contribution in [3.8, 4) is 0 Å². The molecule has 106 valence electrons. The molecule has 1 amide bonds. The first-order chi connectivity index (χ1) is 9.63. The molecule has 0 saturated carbocycles. The van der Waals surface area contributed by atoms with Gasteiger partial charge in [-0.15, -0.1) is 0 Å². The summed E-state index contributed by atoms with van der Waals surface area (Å²) in [6.45, 7) is 3.92. The number of aliphatic hydroxyl groups excluding tert-OH is 1. The summed E-state index contributed by atoms with van der Waals surface area (Å²) < 4.78 is 1.91. The third-order valence-corrected chi connectivity index (χ3v) is 3.26. The Balaban J connectivity index is 2.16. The van der Waals surface area contributed by atoms with Crippen molar-refractivity contribution in [2.24, 2.45) is 0 Å². The van der Waals surface area contributed by atoms with Gasteiger partial charge in [-0.3, -0.25) is 4.79 Å². The van der Waals surface area contributed by atoms with Gasteiger partial charge in [-0.25, -0.2) is 0 Å². The highest BCUT2D eigenvalue weighted by Gasteiger charge is 2.17. The molecule has 0 spiro atoms. The number of amides is 1. The minimum absolute atomic E-state index is 0.127. The van der Waals surface area contributed by atoms with Crippen LogP contribution in [0.25, 0.3) is 0 Å². The molecule has 1 aromatic heterocycles. The fourth-order valence-electron chi connectivity index (χ4n) is 2.19. The van der Waals surface area contributed by atoms with E-state index in [4.69, 9.17) is 0 Å². The lowest BCUT2D eigenvalue weighted by Crippen LogP contribution is -2.32. The molecule has 1 heterocycles. The molecule has 4 nitrogen and oxygen atoms in total. The first kappa shape index (κ1) is 14.3. The zero-order chi connectivity index (χ0) is 14.5. The Kier molecular flexibility index (Phi) is 4.58. The maximum absolute atomic E-state index is 12.3. The van der Waals surface area contributed by atoms with Crippen molar-refractivity contribution in [3.05, 3.63) is 59.9 Å². The summed E-state index contributed by atoms with van der Waals surface area (Å²) in [4.78, 5) is 12.3. The molecule has 4 heteroatoms. The van der Waals surface area contributed by atoms with E-state index in [-0.39, 0.29) is 24.6 Å². The maximum atomic E-state index is 12.3. The smallest absolute Gasteiger partial charge is 0.268 e. The topological polar surface area (TPSA) is 54.3 Å². The highest BCUT2D eigenvalue weighted by atomic mass is 16.3. The lowest BCUT2D eigenvalue weighted by molar-refractivity contribution is 0.0905. The summed E-state index contributed by atoms with van der Waals surface area (Å²) in [7, 11) is 0. The van der Waals surface area contributed by atoms with Gasteiger partial charge in [0.15, 0.2) is 0 Å². The van der Waals surface area contributed by atoms with E-state index in [1.807, 2.05) is 61.0 Å². The van der Waals surface area contributed by atoms with Gasteiger partial charge in [0.2, 0.25) is 0 Å². The SMILES string of the molecule is CC(C)n1cccc1C(=O)N[C@H](CO)c1ccccc1. The van der Waals surface area contributed by atoms with Crippen LogP contribution < -0.4 is 5.32 Å². The predicted octanol–water partition coefficient (Wildman–Crippen LogP) is 2.53. The molecule has 1 aromatic carbocycles. The fourth-order valence-corrected chi connectivity index (χ4v) is 2.19. The molecule has 0 unspecified atom stereocenters. The molecular weight excluding hydrogens is 252 g/mol. The number of benzene rings is 1. The maximum Gasteiger partial charge on any atom is 0.268 e. The first-order valence-electron chi connectivity index (χ1n) is 6.77. The third kappa shape index (κ3) is 3.08. The number of hydrogen-bond donors (Lipinski definition) is 2. The van der Waals surface area contributed by atoms with Crippen LogP contribution in [0.3, 0.4) is 0 Å². The third-order valence-electron chi connectivity index (χ3n) is 3.26. The molecule has 2 rings (SSSR count). The van der Waals surface area contributed by atoms with E-state index in [1.165, 1.54) is 0 Å². The van der Waals surface area contributed by atoms with Gasteiger partial charge >= 0.3 is 0 Å². The Hall–Kier alpha value is -2.07. The molecule has 2 aromatic rings. The second-order valence-corrected chi connectivity index (χ2v) is 5.01. The Morgan fingerprint density at radius 2 is 1.90 bits per heavy atom. The zero-order valence-electron chi connectivity index (χ0n) is 11.8. The van der Waals surface area contributed by atoms with Gasteiger partial charge in [0.25, 0.3) is 5.91 Å². The van der Waals surface area contributed by atoms with E-state index in [0.717, 1.165) is 5.56 Å². The lowest BCUT2D eigenvalue weighted by atomic mass is 10.1. The van der Waals surface area contributed by atoms with Crippen LogP contribution in [-0.2, 0) is 0 Å². The normalized spacial score (nSPS) is 12.4. The number of nitrogens with zero attached hydrogens (tertiary/aromatic N) is 1. The van der Waals surface area contributed by atoms with E-state index in [2.05, 4.69) is 5.32 Å². The van der Waals surface area contributed by atoms with Crippen molar-refractivity contribution in [2.45, 2.75) is 25.9 Å². The van der Waals surface area contributed by atoms with Crippen molar-refractivity contribution < 1.29 is 9.90 Å². The largest absolute Gasteiger partial charge is 0.394 e. The Morgan fingerprint density at radius 1 is 1.20 bits per heavy atom. The average Bonchev–Trinajstić information content (AvgIpc) is 2.95. The van der Waals surface area contributed by atoms with E-state index in [9.17, 15) is 9.90 Å². The van der Waals surface area contributed by atoms with Gasteiger partial charge in [0, 0.05) is 12.2 Å². The van der Waals surface area contributed by atoms with Crippen molar-refractivity contribution in [1.29, 1.82) is 0 Å². The van der Waals surface area contributed by atoms with Crippen molar-refractivity contribution in [3.63, 3.8) is 0 Å². The molecule has 0 bridgehead atoms. The molecule has 0 aliphatic rings. The molecule has 0 fully saturated rings. The minimum atomic E-state index is -0.390. The number of rotatable bonds is 5. The van der Waals surface area contributed by atoms with Crippen molar-refractivity contribution in [2.75, 3.05) is 6.61 Å². The second kappa shape index (κ2) is 6.39. The fraction of sp³-hybridized carbons (Fsp3) is 0.312. The number of aliphatic hydroxyl groups is 1. The molecule has 0 aliphatic carbocycles.